The van der Waals surface area contributed by atoms with Crippen LogP contribution < -0.4 is 10.1 Å². The van der Waals surface area contributed by atoms with Crippen molar-refractivity contribution in [2.45, 2.75) is 32.4 Å². The number of benzene rings is 1. The van der Waals surface area contributed by atoms with Gasteiger partial charge in [0.15, 0.2) is 0 Å². The maximum absolute atomic E-state index is 8.98. The van der Waals surface area contributed by atoms with Gasteiger partial charge >= 0.3 is 0 Å². The molecule has 0 aliphatic rings. The Morgan fingerprint density at radius 2 is 2.26 bits per heavy atom. The van der Waals surface area contributed by atoms with Crippen LogP contribution in [0.3, 0.4) is 0 Å². The molecule has 1 atom stereocenters. The van der Waals surface area contributed by atoms with Crippen molar-refractivity contribution < 1.29 is 9.47 Å². The van der Waals surface area contributed by atoms with Crippen LogP contribution in [0.5, 0.6) is 5.75 Å². The van der Waals surface area contributed by atoms with Gasteiger partial charge in [0.1, 0.15) is 5.75 Å². The van der Waals surface area contributed by atoms with Crippen LogP contribution >= 0.6 is 0 Å². The Morgan fingerprint density at radius 3 is 2.95 bits per heavy atom. The molecule has 0 aliphatic heterocycles. The third-order valence-corrected chi connectivity index (χ3v) is 2.68. The molecular weight excluding hydrogens is 240 g/mol. The number of nitrogens with zero attached hydrogens (tertiary/aromatic N) is 1. The second kappa shape index (κ2) is 9.37. The number of hydrogen-bond acceptors (Lipinski definition) is 4. The molecule has 0 bridgehead atoms. The largest absolute Gasteiger partial charge is 0.493 e. The molecule has 1 N–H and O–H groups in total. The Hall–Kier alpha value is -1.57. The van der Waals surface area contributed by atoms with Crippen molar-refractivity contribution in [1.82, 2.24) is 5.32 Å². The van der Waals surface area contributed by atoms with Crippen molar-refractivity contribution >= 4 is 0 Å². The van der Waals surface area contributed by atoms with Crippen molar-refractivity contribution in [3.05, 3.63) is 29.8 Å². The van der Waals surface area contributed by atoms with Crippen LogP contribution in [0.4, 0.5) is 0 Å². The van der Waals surface area contributed by atoms with Gasteiger partial charge < -0.3 is 14.8 Å². The summed E-state index contributed by atoms with van der Waals surface area (Å²) in [6.45, 7) is 4.06. The van der Waals surface area contributed by atoms with Crippen LogP contribution in [-0.2, 0) is 11.3 Å². The van der Waals surface area contributed by atoms with Gasteiger partial charge in [0.2, 0.25) is 0 Å². The van der Waals surface area contributed by atoms with E-state index in [2.05, 4.69) is 18.3 Å². The molecule has 0 radical (unpaired) electrons. The summed E-state index contributed by atoms with van der Waals surface area (Å²) in [6.07, 6.45) is 1.71. The summed E-state index contributed by atoms with van der Waals surface area (Å²) in [5.41, 5.74) is 1.08. The van der Waals surface area contributed by atoms with E-state index in [4.69, 9.17) is 14.7 Å². The lowest BCUT2D eigenvalue weighted by atomic mass is 10.2. The Morgan fingerprint density at radius 1 is 1.42 bits per heavy atom. The molecule has 1 aromatic carbocycles. The Balaban J connectivity index is 2.35. The standard InChI is InChI=1S/C15H22N2O2/c1-3-8-17-14(11-16)7-9-19-15-6-4-5-13(10-15)12-18-2/h4-6,10,14,17H,3,7-9,12H2,1-2H3. The lowest BCUT2D eigenvalue weighted by Gasteiger charge is -2.12. The smallest absolute Gasteiger partial charge is 0.119 e. The van der Waals surface area contributed by atoms with Gasteiger partial charge in [-0.05, 0) is 30.7 Å². The lowest BCUT2D eigenvalue weighted by Crippen LogP contribution is -2.29. The molecule has 0 saturated heterocycles. The molecule has 104 valence electrons. The van der Waals surface area contributed by atoms with Crippen LogP contribution in [0.15, 0.2) is 24.3 Å². The van der Waals surface area contributed by atoms with E-state index in [1.54, 1.807) is 7.11 Å². The van der Waals surface area contributed by atoms with Gasteiger partial charge in [0, 0.05) is 13.5 Å². The molecule has 1 aromatic rings. The van der Waals surface area contributed by atoms with Crippen molar-refractivity contribution in [2.24, 2.45) is 0 Å². The third kappa shape index (κ3) is 6.23. The minimum absolute atomic E-state index is 0.137. The number of nitrogens with one attached hydrogen (secondary N) is 1. The molecule has 0 fully saturated rings. The van der Waals surface area contributed by atoms with E-state index in [0.717, 1.165) is 24.3 Å². The van der Waals surface area contributed by atoms with Gasteiger partial charge in [-0.3, -0.25) is 0 Å². The molecule has 4 nitrogen and oxygen atoms in total. The summed E-state index contributed by atoms with van der Waals surface area (Å²) in [5.74, 6) is 0.821. The summed E-state index contributed by atoms with van der Waals surface area (Å²) in [5, 5.41) is 12.2. The van der Waals surface area contributed by atoms with E-state index >= 15 is 0 Å². The molecule has 19 heavy (non-hydrogen) atoms. The predicted molar refractivity (Wildman–Crippen MR) is 75.0 cm³/mol. The second-order valence-corrected chi connectivity index (χ2v) is 4.35. The average Bonchev–Trinajstić information content (AvgIpc) is 2.43. The minimum Gasteiger partial charge on any atom is -0.493 e. The first-order valence-electron chi connectivity index (χ1n) is 6.63. The molecule has 1 rings (SSSR count). The van der Waals surface area contributed by atoms with Crippen LogP contribution in [0.1, 0.15) is 25.3 Å². The fraction of sp³-hybridized carbons (Fsp3) is 0.533. The summed E-state index contributed by atoms with van der Waals surface area (Å²) >= 11 is 0. The third-order valence-electron chi connectivity index (χ3n) is 2.68. The fourth-order valence-corrected chi connectivity index (χ4v) is 1.72. The van der Waals surface area contributed by atoms with Gasteiger partial charge in [-0.15, -0.1) is 0 Å². The van der Waals surface area contributed by atoms with E-state index in [1.807, 2.05) is 24.3 Å². The maximum Gasteiger partial charge on any atom is 0.119 e. The molecule has 0 spiro atoms. The lowest BCUT2D eigenvalue weighted by molar-refractivity contribution is 0.184. The zero-order valence-corrected chi connectivity index (χ0v) is 11.7. The molecule has 0 heterocycles. The summed E-state index contributed by atoms with van der Waals surface area (Å²) in [4.78, 5) is 0. The van der Waals surface area contributed by atoms with Gasteiger partial charge in [0.25, 0.3) is 0 Å². The minimum atomic E-state index is -0.137. The maximum atomic E-state index is 8.98. The Bertz CT molecular complexity index is 401. The highest BCUT2D eigenvalue weighted by Crippen LogP contribution is 2.14. The van der Waals surface area contributed by atoms with E-state index < -0.39 is 0 Å². The van der Waals surface area contributed by atoms with Crippen molar-refractivity contribution in [2.75, 3.05) is 20.3 Å². The summed E-state index contributed by atoms with van der Waals surface area (Å²) in [6, 6.07) is 9.93. The van der Waals surface area contributed by atoms with Gasteiger partial charge in [-0.25, -0.2) is 0 Å². The predicted octanol–water partition coefficient (Wildman–Crippen LogP) is 2.49. The van der Waals surface area contributed by atoms with E-state index in [9.17, 15) is 0 Å². The van der Waals surface area contributed by atoms with E-state index in [1.165, 1.54) is 0 Å². The van der Waals surface area contributed by atoms with Crippen molar-refractivity contribution in [3.63, 3.8) is 0 Å². The monoisotopic (exact) mass is 262 g/mol. The topological polar surface area (TPSA) is 54.3 Å². The highest BCUT2D eigenvalue weighted by molar-refractivity contribution is 5.28. The first kappa shape index (κ1) is 15.5. The van der Waals surface area contributed by atoms with Crippen LogP contribution in [0.2, 0.25) is 0 Å². The summed E-state index contributed by atoms with van der Waals surface area (Å²) < 4.78 is 10.7. The first-order valence-corrected chi connectivity index (χ1v) is 6.63. The number of hydrogen-bond donors (Lipinski definition) is 1. The fourth-order valence-electron chi connectivity index (χ4n) is 1.72. The number of nitriles is 1. The van der Waals surface area contributed by atoms with Crippen LogP contribution in [-0.4, -0.2) is 26.3 Å². The molecule has 0 aromatic heterocycles. The first-order chi connectivity index (χ1) is 9.30. The van der Waals surface area contributed by atoms with Crippen LogP contribution in [0, 0.1) is 11.3 Å². The van der Waals surface area contributed by atoms with E-state index in [-0.39, 0.29) is 6.04 Å². The molecule has 0 aliphatic carbocycles. The zero-order chi connectivity index (χ0) is 13.9. The molecule has 0 saturated carbocycles. The van der Waals surface area contributed by atoms with Gasteiger partial charge in [-0.2, -0.15) is 5.26 Å². The summed E-state index contributed by atoms with van der Waals surface area (Å²) in [7, 11) is 1.67. The van der Waals surface area contributed by atoms with Gasteiger partial charge in [-0.1, -0.05) is 19.1 Å². The van der Waals surface area contributed by atoms with Gasteiger partial charge in [0.05, 0.1) is 25.3 Å². The highest BCUT2D eigenvalue weighted by atomic mass is 16.5. The van der Waals surface area contributed by atoms with E-state index in [0.29, 0.717) is 19.6 Å². The molecular formula is C15H22N2O2. The Kier molecular flexibility index (Phi) is 7.64. The second-order valence-electron chi connectivity index (χ2n) is 4.35. The number of methoxy groups -OCH3 is 1. The molecule has 0 amide bonds. The molecule has 1 unspecified atom stereocenters. The van der Waals surface area contributed by atoms with Crippen molar-refractivity contribution in [3.8, 4) is 11.8 Å². The number of ether oxygens (including phenoxy) is 2. The SMILES string of the molecule is CCCNC(C#N)CCOc1cccc(COC)c1. The quantitative estimate of drug-likeness (QED) is 0.743. The molecule has 4 heteroatoms. The highest BCUT2D eigenvalue weighted by Gasteiger charge is 2.06. The Labute approximate surface area is 115 Å². The zero-order valence-electron chi connectivity index (χ0n) is 11.7. The van der Waals surface area contributed by atoms with Crippen molar-refractivity contribution in [1.29, 1.82) is 5.26 Å². The number of rotatable bonds is 9. The normalized spacial score (nSPS) is 11.8. The average molecular weight is 262 g/mol. The van der Waals surface area contributed by atoms with Crippen LogP contribution in [0.25, 0.3) is 0 Å².